The van der Waals surface area contributed by atoms with Crippen LogP contribution in [0.2, 0.25) is 0 Å². The molecule has 0 saturated carbocycles. The maximum atomic E-state index is 11.9. The number of aromatic nitrogens is 1. The number of benzene rings is 3. The summed E-state index contributed by atoms with van der Waals surface area (Å²) < 4.78 is 13.0. The highest BCUT2D eigenvalue weighted by Gasteiger charge is 2.10. The van der Waals surface area contributed by atoms with Crippen molar-refractivity contribution in [2.24, 2.45) is 0 Å². The van der Waals surface area contributed by atoms with Crippen LogP contribution in [0.15, 0.2) is 78.9 Å². The number of esters is 1. The van der Waals surface area contributed by atoms with Gasteiger partial charge in [0.05, 0.1) is 6.54 Å². The van der Waals surface area contributed by atoms with Crippen molar-refractivity contribution in [2.45, 2.75) is 6.54 Å². The van der Waals surface area contributed by atoms with E-state index < -0.39 is 0 Å². The molecule has 4 heteroatoms. The summed E-state index contributed by atoms with van der Waals surface area (Å²) in [7, 11) is 0. The zero-order valence-electron chi connectivity index (χ0n) is 14.3. The molecule has 130 valence electrons. The van der Waals surface area contributed by atoms with E-state index in [9.17, 15) is 4.79 Å². The zero-order valence-corrected chi connectivity index (χ0v) is 14.3. The van der Waals surface area contributed by atoms with Gasteiger partial charge in [0.25, 0.3) is 0 Å². The van der Waals surface area contributed by atoms with E-state index >= 15 is 0 Å². The quantitative estimate of drug-likeness (QED) is 0.486. The van der Waals surface area contributed by atoms with Gasteiger partial charge in [0.1, 0.15) is 12.4 Å². The van der Waals surface area contributed by atoms with Gasteiger partial charge in [-0.25, -0.2) is 4.79 Å². The Balaban J connectivity index is 1.42. The standard InChI is InChI=1S/C22H19NO3/c24-22(16-26-17-8-2-1-3-9-17)25-15-14-23-20-12-6-4-10-18(20)19-11-5-7-13-21(19)23/h1-13H,14-16H2. The molecule has 0 bridgehead atoms. The third kappa shape index (κ3) is 3.26. The number of nitrogens with zero attached hydrogens (tertiary/aromatic N) is 1. The lowest BCUT2D eigenvalue weighted by Crippen LogP contribution is -2.17. The molecule has 0 aliphatic heterocycles. The van der Waals surface area contributed by atoms with Crippen molar-refractivity contribution < 1.29 is 14.3 Å². The average Bonchev–Trinajstić information content (AvgIpc) is 3.02. The van der Waals surface area contributed by atoms with Gasteiger partial charge in [-0.3, -0.25) is 0 Å². The van der Waals surface area contributed by atoms with Gasteiger partial charge < -0.3 is 14.0 Å². The number of para-hydroxylation sites is 3. The van der Waals surface area contributed by atoms with Crippen LogP contribution in [-0.2, 0) is 16.1 Å². The molecule has 0 unspecified atom stereocenters. The maximum Gasteiger partial charge on any atom is 0.344 e. The molecule has 0 aliphatic rings. The number of carbonyl (C=O) groups is 1. The Labute approximate surface area is 151 Å². The Kier molecular flexibility index (Phi) is 4.56. The summed E-state index contributed by atoms with van der Waals surface area (Å²) in [5.74, 6) is 0.293. The van der Waals surface area contributed by atoms with Gasteiger partial charge in [-0.1, -0.05) is 54.6 Å². The van der Waals surface area contributed by atoms with Crippen LogP contribution in [0.5, 0.6) is 5.75 Å². The van der Waals surface area contributed by atoms with Crippen LogP contribution in [-0.4, -0.2) is 23.8 Å². The number of carbonyl (C=O) groups excluding carboxylic acids is 1. The van der Waals surface area contributed by atoms with Crippen molar-refractivity contribution in [1.82, 2.24) is 4.57 Å². The Morgan fingerprint density at radius 2 is 1.35 bits per heavy atom. The number of rotatable bonds is 6. The van der Waals surface area contributed by atoms with Crippen molar-refractivity contribution in [1.29, 1.82) is 0 Å². The van der Waals surface area contributed by atoms with E-state index in [0.29, 0.717) is 18.9 Å². The van der Waals surface area contributed by atoms with E-state index in [0.717, 1.165) is 11.0 Å². The molecule has 0 saturated heterocycles. The summed E-state index contributed by atoms with van der Waals surface area (Å²) >= 11 is 0. The van der Waals surface area contributed by atoms with E-state index in [1.54, 1.807) is 0 Å². The minimum absolute atomic E-state index is 0.0861. The SMILES string of the molecule is O=C(COc1ccccc1)OCCn1c2ccccc2c2ccccc21. The first-order chi connectivity index (χ1) is 12.8. The van der Waals surface area contributed by atoms with Gasteiger partial charge in [0, 0.05) is 21.8 Å². The van der Waals surface area contributed by atoms with Crippen LogP contribution in [0.1, 0.15) is 0 Å². The van der Waals surface area contributed by atoms with Crippen LogP contribution < -0.4 is 4.74 Å². The molecule has 0 fully saturated rings. The average molecular weight is 345 g/mol. The highest BCUT2D eigenvalue weighted by Crippen LogP contribution is 2.28. The van der Waals surface area contributed by atoms with Crippen molar-refractivity contribution >= 4 is 27.8 Å². The third-order valence-electron chi connectivity index (χ3n) is 4.36. The Morgan fingerprint density at radius 3 is 2.00 bits per heavy atom. The van der Waals surface area contributed by atoms with Crippen LogP contribution in [0.25, 0.3) is 21.8 Å². The summed E-state index contributed by atoms with van der Waals surface area (Å²) in [5.41, 5.74) is 2.29. The third-order valence-corrected chi connectivity index (χ3v) is 4.36. The highest BCUT2D eigenvalue weighted by molar-refractivity contribution is 6.07. The molecular formula is C22H19NO3. The first-order valence-electron chi connectivity index (χ1n) is 8.62. The maximum absolute atomic E-state index is 11.9. The van der Waals surface area contributed by atoms with Crippen molar-refractivity contribution in [3.63, 3.8) is 0 Å². The largest absolute Gasteiger partial charge is 0.482 e. The van der Waals surface area contributed by atoms with E-state index in [4.69, 9.17) is 9.47 Å². The lowest BCUT2D eigenvalue weighted by molar-refractivity contribution is -0.146. The van der Waals surface area contributed by atoms with E-state index in [1.165, 1.54) is 10.8 Å². The van der Waals surface area contributed by atoms with E-state index in [-0.39, 0.29) is 12.6 Å². The second-order valence-electron chi connectivity index (χ2n) is 6.01. The van der Waals surface area contributed by atoms with E-state index in [1.807, 2.05) is 54.6 Å². The van der Waals surface area contributed by atoms with Gasteiger partial charge in [0.15, 0.2) is 6.61 Å². The molecule has 4 rings (SSSR count). The fourth-order valence-electron chi connectivity index (χ4n) is 3.20. The second-order valence-corrected chi connectivity index (χ2v) is 6.01. The van der Waals surface area contributed by atoms with Crippen LogP contribution in [0.3, 0.4) is 0 Å². The predicted octanol–water partition coefficient (Wildman–Crippen LogP) is 4.42. The Hall–Kier alpha value is -3.27. The van der Waals surface area contributed by atoms with Gasteiger partial charge in [0.2, 0.25) is 0 Å². The van der Waals surface area contributed by atoms with Gasteiger partial charge in [-0.05, 0) is 24.3 Å². The molecule has 4 aromatic rings. The number of fused-ring (bicyclic) bond motifs is 3. The lowest BCUT2D eigenvalue weighted by Gasteiger charge is -2.09. The number of hydrogen-bond donors (Lipinski definition) is 0. The first kappa shape index (κ1) is 16.2. The molecular weight excluding hydrogens is 326 g/mol. The minimum Gasteiger partial charge on any atom is -0.482 e. The molecule has 0 atom stereocenters. The van der Waals surface area contributed by atoms with Gasteiger partial charge in [-0.2, -0.15) is 0 Å². The molecule has 0 aliphatic carbocycles. The summed E-state index contributed by atoms with van der Waals surface area (Å²) in [6, 6.07) is 25.8. The number of ether oxygens (including phenoxy) is 2. The van der Waals surface area contributed by atoms with Crippen LogP contribution in [0.4, 0.5) is 0 Å². The van der Waals surface area contributed by atoms with Crippen LogP contribution >= 0.6 is 0 Å². The predicted molar refractivity (Wildman–Crippen MR) is 102 cm³/mol. The van der Waals surface area contributed by atoms with Crippen molar-refractivity contribution in [2.75, 3.05) is 13.2 Å². The normalized spacial score (nSPS) is 10.9. The monoisotopic (exact) mass is 345 g/mol. The molecule has 0 amide bonds. The Morgan fingerprint density at radius 1 is 0.769 bits per heavy atom. The molecule has 4 nitrogen and oxygen atoms in total. The van der Waals surface area contributed by atoms with Crippen LogP contribution in [0, 0.1) is 0 Å². The topological polar surface area (TPSA) is 40.5 Å². The molecule has 1 aromatic heterocycles. The van der Waals surface area contributed by atoms with Crippen molar-refractivity contribution in [3.8, 4) is 5.75 Å². The number of hydrogen-bond acceptors (Lipinski definition) is 3. The van der Waals surface area contributed by atoms with Gasteiger partial charge in [-0.15, -0.1) is 0 Å². The molecule has 1 heterocycles. The van der Waals surface area contributed by atoms with Crippen molar-refractivity contribution in [3.05, 3.63) is 78.9 Å². The molecule has 0 radical (unpaired) electrons. The smallest absolute Gasteiger partial charge is 0.344 e. The fourth-order valence-corrected chi connectivity index (χ4v) is 3.20. The Bertz CT molecular complexity index is 984. The first-order valence-corrected chi connectivity index (χ1v) is 8.62. The fraction of sp³-hybridized carbons (Fsp3) is 0.136. The molecule has 0 N–H and O–H groups in total. The summed E-state index contributed by atoms with van der Waals surface area (Å²) in [5, 5.41) is 2.42. The summed E-state index contributed by atoms with van der Waals surface area (Å²) in [6.07, 6.45) is 0. The van der Waals surface area contributed by atoms with E-state index in [2.05, 4.69) is 28.8 Å². The lowest BCUT2D eigenvalue weighted by atomic mass is 10.2. The van der Waals surface area contributed by atoms with Gasteiger partial charge >= 0.3 is 5.97 Å². The molecule has 26 heavy (non-hydrogen) atoms. The summed E-state index contributed by atoms with van der Waals surface area (Å²) in [6.45, 7) is 0.821. The second kappa shape index (κ2) is 7.31. The molecule has 3 aromatic carbocycles. The zero-order chi connectivity index (χ0) is 17.8. The molecule has 0 spiro atoms. The highest BCUT2D eigenvalue weighted by atomic mass is 16.6. The minimum atomic E-state index is -0.366. The summed E-state index contributed by atoms with van der Waals surface area (Å²) in [4.78, 5) is 11.9.